The van der Waals surface area contributed by atoms with Crippen LogP contribution in [-0.4, -0.2) is 18.5 Å². The summed E-state index contributed by atoms with van der Waals surface area (Å²) < 4.78 is 5.58. The van der Waals surface area contributed by atoms with Gasteiger partial charge < -0.3 is 4.74 Å². The molecule has 0 aliphatic carbocycles. The largest absolute Gasteiger partial charge is 0.377 e. The number of rotatable bonds is 4. The minimum Gasteiger partial charge on any atom is -0.377 e. The summed E-state index contributed by atoms with van der Waals surface area (Å²) in [5.41, 5.74) is 2.10. The highest BCUT2D eigenvalue weighted by Crippen LogP contribution is 2.27. The molecule has 2 heteroatoms. The van der Waals surface area contributed by atoms with Crippen LogP contribution in [0, 0.1) is 5.92 Å². The molecular formula is C15H20O2. The molecule has 2 atom stereocenters. The highest BCUT2D eigenvalue weighted by molar-refractivity contribution is 5.98. The van der Waals surface area contributed by atoms with Crippen LogP contribution in [0.3, 0.4) is 0 Å². The van der Waals surface area contributed by atoms with Crippen LogP contribution in [0.2, 0.25) is 0 Å². The van der Waals surface area contributed by atoms with E-state index in [-0.39, 0.29) is 17.8 Å². The van der Waals surface area contributed by atoms with Gasteiger partial charge in [0.2, 0.25) is 0 Å². The molecule has 1 saturated heterocycles. The van der Waals surface area contributed by atoms with Crippen LogP contribution in [0.1, 0.15) is 42.6 Å². The molecule has 2 nitrogen and oxygen atoms in total. The Morgan fingerprint density at radius 3 is 2.59 bits per heavy atom. The number of carbonyl (C=O) groups excluding carboxylic acids is 1. The zero-order valence-electron chi connectivity index (χ0n) is 10.6. The summed E-state index contributed by atoms with van der Waals surface area (Å²) in [5, 5.41) is 0. The number of benzene rings is 1. The minimum atomic E-state index is 0.0625. The van der Waals surface area contributed by atoms with Crippen molar-refractivity contribution in [1.82, 2.24) is 0 Å². The van der Waals surface area contributed by atoms with Crippen LogP contribution >= 0.6 is 0 Å². The molecular weight excluding hydrogens is 212 g/mol. The lowest BCUT2D eigenvalue weighted by atomic mass is 9.90. The van der Waals surface area contributed by atoms with Crippen LogP contribution in [0.4, 0.5) is 0 Å². The van der Waals surface area contributed by atoms with Crippen LogP contribution in [-0.2, 0) is 11.2 Å². The average molecular weight is 232 g/mol. The fourth-order valence-electron chi connectivity index (χ4n) is 2.47. The van der Waals surface area contributed by atoms with Gasteiger partial charge in [0.25, 0.3) is 0 Å². The molecule has 0 saturated carbocycles. The molecule has 2 rings (SSSR count). The predicted molar refractivity (Wildman–Crippen MR) is 68.3 cm³/mol. The molecule has 2 unspecified atom stereocenters. The Labute approximate surface area is 103 Å². The smallest absolute Gasteiger partial charge is 0.168 e. The molecule has 0 radical (unpaired) electrons. The van der Waals surface area contributed by atoms with Crippen LogP contribution in [0.15, 0.2) is 24.3 Å². The van der Waals surface area contributed by atoms with E-state index in [9.17, 15) is 4.79 Å². The fourth-order valence-corrected chi connectivity index (χ4v) is 2.47. The molecule has 1 aromatic carbocycles. The summed E-state index contributed by atoms with van der Waals surface area (Å²) in [6, 6.07) is 7.99. The zero-order chi connectivity index (χ0) is 12.3. The molecule has 0 amide bonds. The summed E-state index contributed by atoms with van der Waals surface area (Å²) in [4.78, 5) is 12.3. The lowest BCUT2D eigenvalue weighted by Gasteiger charge is -2.15. The van der Waals surface area contributed by atoms with E-state index in [1.165, 1.54) is 5.56 Å². The highest BCUT2D eigenvalue weighted by atomic mass is 16.5. The van der Waals surface area contributed by atoms with E-state index in [0.717, 1.165) is 31.4 Å². The minimum absolute atomic E-state index is 0.0625. The Morgan fingerprint density at radius 2 is 2.00 bits per heavy atom. The first-order valence-corrected chi connectivity index (χ1v) is 6.51. The quantitative estimate of drug-likeness (QED) is 0.745. The number of hydrogen-bond donors (Lipinski definition) is 0. The summed E-state index contributed by atoms with van der Waals surface area (Å²) >= 11 is 0. The summed E-state index contributed by atoms with van der Waals surface area (Å²) in [5.74, 6) is 0.310. The van der Waals surface area contributed by atoms with E-state index in [2.05, 4.69) is 13.8 Å². The van der Waals surface area contributed by atoms with Crippen molar-refractivity contribution in [2.45, 2.75) is 39.2 Å². The lowest BCUT2D eigenvalue weighted by Crippen LogP contribution is -2.23. The number of hydrogen-bond acceptors (Lipinski definition) is 2. The third-order valence-corrected chi connectivity index (χ3v) is 3.60. The molecule has 1 fully saturated rings. The molecule has 1 heterocycles. The van der Waals surface area contributed by atoms with Crippen molar-refractivity contribution in [3.63, 3.8) is 0 Å². The number of ether oxygens (including phenoxy) is 1. The van der Waals surface area contributed by atoms with Crippen LogP contribution < -0.4 is 0 Å². The van der Waals surface area contributed by atoms with Gasteiger partial charge in [-0.15, -0.1) is 0 Å². The molecule has 1 aliphatic heterocycles. The summed E-state index contributed by atoms with van der Waals surface area (Å²) in [6.07, 6.45) is 2.92. The van der Waals surface area contributed by atoms with E-state index in [1.54, 1.807) is 0 Å². The first-order chi connectivity index (χ1) is 8.26. The van der Waals surface area contributed by atoms with E-state index < -0.39 is 0 Å². The first-order valence-electron chi connectivity index (χ1n) is 6.51. The van der Waals surface area contributed by atoms with Gasteiger partial charge in [0.05, 0.1) is 12.0 Å². The second kappa shape index (κ2) is 5.46. The monoisotopic (exact) mass is 232 g/mol. The molecule has 0 aromatic heterocycles. The maximum Gasteiger partial charge on any atom is 0.168 e. The fraction of sp³-hybridized carbons (Fsp3) is 0.533. The third-order valence-electron chi connectivity index (χ3n) is 3.60. The number of Topliss-reactive ketones (excluding diaryl/α,β-unsaturated/α-hetero) is 1. The van der Waals surface area contributed by atoms with Gasteiger partial charge in [-0.3, -0.25) is 4.79 Å². The highest BCUT2D eigenvalue weighted by Gasteiger charge is 2.33. The molecule has 17 heavy (non-hydrogen) atoms. The van der Waals surface area contributed by atoms with E-state index in [1.807, 2.05) is 24.3 Å². The zero-order valence-corrected chi connectivity index (χ0v) is 10.6. The van der Waals surface area contributed by atoms with Gasteiger partial charge in [-0.25, -0.2) is 0 Å². The van der Waals surface area contributed by atoms with Crippen molar-refractivity contribution < 1.29 is 9.53 Å². The molecule has 1 aromatic rings. The Balaban J connectivity index is 2.13. The van der Waals surface area contributed by atoms with E-state index >= 15 is 0 Å². The molecule has 1 aliphatic rings. The average Bonchev–Trinajstić information content (AvgIpc) is 2.86. The lowest BCUT2D eigenvalue weighted by molar-refractivity contribution is 0.0689. The molecule has 0 N–H and O–H groups in total. The second-order valence-electron chi connectivity index (χ2n) is 4.63. The Kier molecular flexibility index (Phi) is 3.95. The second-order valence-corrected chi connectivity index (χ2v) is 4.63. The van der Waals surface area contributed by atoms with Crippen LogP contribution in [0.25, 0.3) is 0 Å². The van der Waals surface area contributed by atoms with Gasteiger partial charge in [0, 0.05) is 12.2 Å². The van der Waals surface area contributed by atoms with Gasteiger partial charge in [0.15, 0.2) is 5.78 Å². The molecule has 0 spiro atoms. The molecule has 0 bridgehead atoms. The van der Waals surface area contributed by atoms with Crippen molar-refractivity contribution in [3.8, 4) is 0 Å². The summed E-state index contributed by atoms with van der Waals surface area (Å²) in [7, 11) is 0. The van der Waals surface area contributed by atoms with Crippen molar-refractivity contribution >= 4 is 5.78 Å². The topological polar surface area (TPSA) is 26.3 Å². The van der Waals surface area contributed by atoms with E-state index in [4.69, 9.17) is 4.74 Å². The molecule has 92 valence electrons. The normalized spacial score (nSPS) is 23.9. The Morgan fingerprint density at radius 1 is 1.29 bits per heavy atom. The maximum absolute atomic E-state index is 12.3. The van der Waals surface area contributed by atoms with Gasteiger partial charge in [-0.2, -0.15) is 0 Å². The van der Waals surface area contributed by atoms with Gasteiger partial charge in [-0.05, 0) is 24.8 Å². The van der Waals surface area contributed by atoms with Crippen molar-refractivity contribution in [1.29, 1.82) is 0 Å². The standard InChI is InChI=1S/C15H20O2/c1-3-11-5-7-12(8-6-11)15(16)13-9-10-17-14(13)4-2/h5-8,13-14H,3-4,9-10H2,1-2H3. The Bertz CT molecular complexity index is 380. The number of carbonyl (C=O) groups is 1. The number of ketones is 1. The first kappa shape index (κ1) is 12.3. The van der Waals surface area contributed by atoms with Crippen molar-refractivity contribution in [3.05, 3.63) is 35.4 Å². The van der Waals surface area contributed by atoms with Crippen molar-refractivity contribution in [2.24, 2.45) is 5.92 Å². The van der Waals surface area contributed by atoms with Crippen molar-refractivity contribution in [2.75, 3.05) is 6.61 Å². The van der Waals surface area contributed by atoms with Gasteiger partial charge in [0.1, 0.15) is 0 Å². The van der Waals surface area contributed by atoms with Crippen LogP contribution in [0.5, 0.6) is 0 Å². The van der Waals surface area contributed by atoms with Gasteiger partial charge >= 0.3 is 0 Å². The van der Waals surface area contributed by atoms with E-state index in [0.29, 0.717) is 0 Å². The van der Waals surface area contributed by atoms with Gasteiger partial charge in [-0.1, -0.05) is 38.1 Å². The Hall–Kier alpha value is -1.15. The SMILES string of the molecule is CCc1ccc(C(=O)C2CCOC2CC)cc1. The summed E-state index contributed by atoms with van der Waals surface area (Å²) in [6.45, 7) is 4.92. The maximum atomic E-state index is 12.3. The number of aryl methyl sites for hydroxylation is 1. The third kappa shape index (κ3) is 2.58. The predicted octanol–water partition coefficient (Wildman–Crippen LogP) is 3.25.